The molecule has 8 nitrogen and oxygen atoms in total. The highest BCUT2D eigenvalue weighted by molar-refractivity contribution is 6.04. The Kier molecular flexibility index (Phi) is 5.38. The number of aromatic nitrogens is 3. The fourth-order valence-corrected chi connectivity index (χ4v) is 3.10. The number of benzene rings is 2. The van der Waals surface area contributed by atoms with Gasteiger partial charge in [0.2, 0.25) is 11.5 Å². The molecule has 0 radical (unpaired) electrons. The van der Waals surface area contributed by atoms with Crippen molar-refractivity contribution in [2.45, 2.75) is 6.42 Å². The third-order valence-corrected chi connectivity index (χ3v) is 4.59. The van der Waals surface area contributed by atoms with E-state index in [1.165, 1.54) is 6.07 Å². The van der Waals surface area contributed by atoms with Crippen molar-refractivity contribution in [3.63, 3.8) is 0 Å². The summed E-state index contributed by atoms with van der Waals surface area (Å²) in [7, 11) is 0. The molecule has 4 aromatic rings. The maximum Gasteiger partial charge on any atom is 0.272 e. The Labute approximate surface area is 171 Å². The maximum absolute atomic E-state index is 12.3. The number of nitrogens with zero attached hydrogens (tertiary/aromatic N) is 1. The molecule has 8 heteroatoms. The molecule has 2 aromatic heterocycles. The van der Waals surface area contributed by atoms with Gasteiger partial charge in [0.05, 0.1) is 5.52 Å². The summed E-state index contributed by atoms with van der Waals surface area (Å²) in [6.07, 6.45) is 1.74. The van der Waals surface area contributed by atoms with Gasteiger partial charge in [0.15, 0.2) is 5.69 Å². The lowest BCUT2D eigenvalue weighted by Gasteiger charge is -2.08. The van der Waals surface area contributed by atoms with Gasteiger partial charge < -0.3 is 15.6 Å². The molecule has 0 atom stereocenters. The Bertz CT molecular complexity index is 1250. The summed E-state index contributed by atoms with van der Waals surface area (Å²) in [5, 5.41) is 13.1. The predicted molar refractivity (Wildman–Crippen MR) is 114 cm³/mol. The van der Waals surface area contributed by atoms with Crippen molar-refractivity contribution < 1.29 is 9.59 Å². The molecule has 2 aromatic carbocycles. The monoisotopic (exact) mass is 401 g/mol. The number of amides is 2. The van der Waals surface area contributed by atoms with Crippen LogP contribution in [-0.2, 0) is 4.79 Å². The second kappa shape index (κ2) is 8.44. The second-order valence-corrected chi connectivity index (χ2v) is 6.69. The zero-order valence-electron chi connectivity index (χ0n) is 15.9. The molecule has 0 unspecified atom stereocenters. The van der Waals surface area contributed by atoms with E-state index in [-0.39, 0.29) is 30.3 Å². The first-order valence-electron chi connectivity index (χ1n) is 9.40. The van der Waals surface area contributed by atoms with Crippen molar-refractivity contribution in [2.24, 2.45) is 0 Å². The van der Waals surface area contributed by atoms with Crippen molar-refractivity contribution in [3.8, 4) is 11.1 Å². The lowest BCUT2D eigenvalue weighted by Crippen LogP contribution is -2.28. The van der Waals surface area contributed by atoms with Crippen LogP contribution in [0.5, 0.6) is 0 Å². The third-order valence-electron chi connectivity index (χ3n) is 4.59. The first-order chi connectivity index (χ1) is 14.6. The molecule has 0 fully saturated rings. The van der Waals surface area contributed by atoms with Crippen LogP contribution in [0.1, 0.15) is 16.9 Å². The quantitative estimate of drug-likeness (QED) is 0.397. The molecule has 0 saturated carbocycles. The van der Waals surface area contributed by atoms with E-state index in [1.54, 1.807) is 18.3 Å². The normalized spacial score (nSPS) is 10.7. The molecule has 0 aliphatic rings. The number of hydrogen-bond acceptors (Lipinski definition) is 4. The van der Waals surface area contributed by atoms with E-state index in [0.717, 1.165) is 22.0 Å². The molecule has 2 amide bonds. The summed E-state index contributed by atoms with van der Waals surface area (Å²) in [4.78, 5) is 38.4. The molecular formula is C22H19N5O3. The van der Waals surface area contributed by atoms with Crippen LogP contribution in [0.2, 0.25) is 0 Å². The SMILES string of the molecule is O=C(CCNC(=O)c1n[nH]c2ccccc12)Nc1cccc(-c2ccc(=O)[nH]c2)c1. The average molecular weight is 401 g/mol. The molecule has 150 valence electrons. The molecule has 4 rings (SSSR count). The number of anilines is 1. The fraction of sp³-hybridized carbons (Fsp3) is 0.0909. The first-order valence-corrected chi connectivity index (χ1v) is 9.40. The zero-order chi connectivity index (χ0) is 20.9. The maximum atomic E-state index is 12.3. The smallest absolute Gasteiger partial charge is 0.272 e. The number of fused-ring (bicyclic) bond motifs is 1. The van der Waals surface area contributed by atoms with Crippen molar-refractivity contribution in [2.75, 3.05) is 11.9 Å². The number of rotatable bonds is 6. The largest absolute Gasteiger partial charge is 0.350 e. The van der Waals surface area contributed by atoms with Gasteiger partial charge in [-0.3, -0.25) is 19.5 Å². The van der Waals surface area contributed by atoms with E-state index in [4.69, 9.17) is 0 Å². The van der Waals surface area contributed by atoms with E-state index < -0.39 is 0 Å². The number of pyridine rings is 1. The van der Waals surface area contributed by atoms with E-state index in [0.29, 0.717) is 11.4 Å². The number of carbonyl (C=O) groups is 2. The Morgan fingerprint density at radius 2 is 1.83 bits per heavy atom. The lowest BCUT2D eigenvalue weighted by molar-refractivity contribution is -0.116. The number of para-hydroxylation sites is 1. The summed E-state index contributed by atoms with van der Waals surface area (Å²) in [6, 6.07) is 17.8. The van der Waals surface area contributed by atoms with Gasteiger partial charge in [-0.15, -0.1) is 0 Å². The minimum absolute atomic E-state index is 0.122. The number of carbonyl (C=O) groups excluding carboxylic acids is 2. The van der Waals surface area contributed by atoms with Gasteiger partial charge in [-0.25, -0.2) is 0 Å². The van der Waals surface area contributed by atoms with E-state index in [9.17, 15) is 14.4 Å². The summed E-state index contributed by atoms with van der Waals surface area (Å²) in [6.45, 7) is 0.186. The molecule has 0 aliphatic heterocycles. The third kappa shape index (κ3) is 4.27. The number of aromatic amines is 2. The van der Waals surface area contributed by atoms with Crippen molar-refractivity contribution in [1.29, 1.82) is 0 Å². The molecule has 0 aliphatic carbocycles. The summed E-state index contributed by atoms with van der Waals surface area (Å²) >= 11 is 0. The lowest BCUT2D eigenvalue weighted by atomic mass is 10.1. The minimum Gasteiger partial charge on any atom is -0.350 e. The van der Waals surface area contributed by atoms with Crippen LogP contribution in [0.3, 0.4) is 0 Å². The van der Waals surface area contributed by atoms with Crippen LogP contribution in [0.4, 0.5) is 5.69 Å². The number of H-pyrrole nitrogens is 2. The average Bonchev–Trinajstić information content (AvgIpc) is 3.19. The Balaban J connectivity index is 1.33. The Morgan fingerprint density at radius 1 is 0.967 bits per heavy atom. The molecule has 0 saturated heterocycles. The molecule has 4 N–H and O–H groups in total. The first kappa shape index (κ1) is 19.1. The van der Waals surface area contributed by atoms with Crippen LogP contribution in [0, 0.1) is 0 Å². The highest BCUT2D eigenvalue weighted by Gasteiger charge is 2.13. The van der Waals surface area contributed by atoms with Gasteiger partial charge >= 0.3 is 0 Å². The number of nitrogens with one attached hydrogen (secondary N) is 4. The van der Waals surface area contributed by atoms with Crippen LogP contribution in [0.15, 0.2) is 71.7 Å². The zero-order valence-corrected chi connectivity index (χ0v) is 15.9. The highest BCUT2D eigenvalue weighted by atomic mass is 16.2. The molecular weight excluding hydrogens is 382 g/mol. The second-order valence-electron chi connectivity index (χ2n) is 6.69. The topological polar surface area (TPSA) is 120 Å². The van der Waals surface area contributed by atoms with Gasteiger partial charge in [0.1, 0.15) is 0 Å². The van der Waals surface area contributed by atoms with Gasteiger partial charge in [0, 0.05) is 36.3 Å². The van der Waals surface area contributed by atoms with E-state index >= 15 is 0 Å². The summed E-state index contributed by atoms with van der Waals surface area (Å²) in [5.41, 5.74) is 3.25. The predicted octanol–water partition coefficient (Wildman–Crippen LogP) is 2.68. The van der Waals surface area contributed by atoms with Crippen molar-refractivity contribution in [3.05, 3.63) is 82.9 Å². The van der Waals surface area contributed by atoms with Gasteiger partial charge in [-0.05, 0) is 35.4 Å². The van der Waals surface area contributed by atoms with Crippen LogP contribution < -0.4 is 16.2 Å². The Hall–Kier alpha value is -4.20. The van der Waals surface area contributed by atoms with Crippen LogP contribution in [0.25, 0.3) is 22.0 Å². The van der Waals surface area contributed by atoms with Crippen molar-refractivity contribution >= 4 is 28.4 Å². The van der Waals surface area contributed by atoms with Crippen molar-refractivity contribution in [1.82, 2.24) is 20.5 Å². The standard InChI is InChI=1S/C22H19N5O3/c28-19-9-8-15(13-24-19)14-4-3-5-16(12-14)25-20(29)10-11-23-22(30)21-17-6-1-2-7-18(17)26-27-21/h1-9,12-13H,10-11H2,(H,23,30)(H,24,28)(H,25,29)(H,26,27). The summed E-state index contributed by atoms with van der Waals surface area (Å²) in [5.74, 6) is -0.555. The van der Waals surface area contributed by atoms with Crippen LogP contribution in [-0.4, -0.2) is 33.5 Å². The van der Waals surface area contributed by atoms with E-state index in [2.05, 4.69) is 25.8 Å². The molecule has 30 heavy (non-hydrogen) atoms. The fourth-order valence-electron chi connectivity index (χ4n) is 3.10. The van der Waals surface area contributed by atoms with Crippen LogP contribution >= 0.6 is 0 Å². The Morgan fingerprint density at radius 3 is 2.67 bits per heavy atom. The van der Waals surface area contributed by atoms with Gasteiger partial charge in [0.25, 0.3) is 5.91 Å². The molecule has 0 bridgehead atoms. The highest BCUT2D eigenvalue weighted by Crippen LogP contribution is 2.21. The minimum atomic E-state index is -0.333. The van der Waals surface area contributed by atoms with Gasteiger partial charge in [-0.2, -0.15) is 5.10 Å². The molecule has 2 heterocycles. The summed E-state index contributed by atoms with van der Waals surface area (Å²) < 4.78 is 0. The van der Waals surface area contributed by atoms with E-state index in [1.807, 2.05) is 42.5 Å². The molecule has 0 spiro atoms. The van der Waals surface area contributed by atoms with Gasteiger partial charge in [-0.1, -0.05) is 30.3 Å². The number of hydrogen-bond donors (Lipinski definition) is 4.